The topological polar surface area (TPSA) is 32.8 Å². The molecule has 0 fully saturated rings. The molecule has 0 saturated carbocycles. The van der Waals surface area contributed by atoms with E-state index in [0.717, 1.165) is 32.2 Å². The molecule has 0 spiro atoms. The van der Waals surface area contributed by atoms with Crippen molar-refractivity contribution in [1.82, 2.24) is 4.90 Å². The number of ether oxygens (including phenoxy) is 1. The third-order valence-corrected chi connectivity index (χ3v) is 4.91. The lowest BCUT2D eigenvalue weighted by Crippen LogP contribution is -2.38. The number of anilines is 1. The van der Waals surface area contributed by atoms with Crippen molar-refractivity contribution in [2.75, 3.05) is 24.4 Å². The van der Waals surface area contributed by atoms with Crippen molar-refractivity contribution < 1.29 is 9.53 Å². The number of carbonyl (C=O) groups is 1. The molecule has 2 aliphatic rings. The number of rotatable bonds is 0. The molecule has 0 bridgehead atoms. The van der Waals surface area contributed by atoms with Gasteiger partial charge in [0.1, 0.15) is 5.60 Å². The van der Waals surface area contributed by atoms with Crippen LogP contribution in [0, 0.1) is 6.92 Å². The zero-order chi connectivity index (χ0) is 17.5. The van der Waals surface area contributed by atoms with E-state index in [-0.39, 0.29) is 6.09 Å². The van der Waals surface area contributed by atoms with Crippen molar-refractivity contribution >= 4 is 19.8 Å². The highest BCUT2D eigenvalue weighted by molar-refractivity contribution is 6.18. The number of nitrogens with zero attached hydrogens (tertiary/aromatic N) is 2. The van der Waals surface area contributed by atoms with E-state index in [0.29, 0.717) is 13.1 Å². The van der Waals surface area contributed by atoms with Gasteiger partial charge < -0.3 is 14.4 Å². The Kier molecular flexibility index (Phi) is 4.54. The molecule has 0 aliphatic carbocycles. The Labute approximate surface area is 146 Å². The largest absolute Gasteiger partial charge is 0.444 e. The van der Waals surface area contributed by atoms with Gasteiger partial charge in [0.05, 0.1) is 0 Å². The van der Waals surface area contributed by atoms with Gasteiger partial charge in [-0.3, -0.25) is 0 Å². The molecule has 0 N–H and O–H groups in total. The van der Waals surface area contributed by atoms with E-state index >= 15 is 0 Å². The van der Waals surface area contributed by atoms with E-state index in [9.17, 15) is 4.79 Å². The molecule has 1 amide bonds. The zero-order valence-electron chi connectivity index (χ0n) is 15.3. The number of fused-ring (bicyclic) bond motifs is 2. The number of hydrogen-bond acceptors (Lipinski definition) is 3. The van der Waals surface area contributed by atoms with Gasteiger partial charge in [0.25, 0.3) is 0 Å². The third-order valence-electron chi connectivity index (χ3n) is 4.91. The van der Waals surface area contributed by atoms with Gasteiger partial charge in [-0.25, -0.2) is 4.79 Å². The fraction of sp³-hybridized carbons (Fsp3) is 0.632. The molecule has 2 radical (unpaired) electrons. The molecule has 0 atom stereocenters. The smallest absolute Gasteiger partial charge is 0.410 e. The Bertz CT molecular complexity index is 652. The number of benzene rings is 1. The lowest BCUT2D eigenvalue weighted by Gasteiger charge is -2.32. The van der Waals surface area contributed by atoms with E-state index in [1.165, 1.54) is 27.9 Å². The first-order valence-electron chi connectivity index (χ1n) is 8.90. The van der Waals surface area contributed by atoms with Gasteiger partial charge in [0.2, 0.25) is 7.98 Å². The molecule has 0 saturated heterocycles. The molecule has 3 rings (SSSR count). The van der Waals surface area contributed by atoms with Crippen LogP contribution in [0.2, 0.25) is 0 Å². The fourth-order valence-corrected chi connectivity index (χ4v) is 3.83. The predicted molar refractivity (Wildman–Crippen MR) is 97.8 cm³/mol. The minimum atomic E-state index is -0.453. The molecule has 1 aromatic rings. The van der Waals surface area contributed by atoms with Crippen LogP contribution in [0.4, 0.5) is 10.5 Å². The summed E-state index contributed by atoms with van der Waals surface area (Å²) < 4.78 is 5.54. The molecule has 5 heteroatoms. The Hall–Kier alpha value is -1.65. The molecule has 1 aromatic carbocycles. The summed E-state index contributed by atoms with van der Waals surface area (Å²) in [5, 5.41) is 0. The van der Waals surface area contributed by atoms with Gasteiger partial charge in [-0.2, -0.15) is 0 Å². The number of hydrogen-bond donors (Lipinski definition) is 0. The van der Waals surface area contributed by atoms with Crippen molar-refractivity contribution in [3.63, 3.8) is 0 Å². The first-order chi connectivity index (χ1) is 11.3. The predicted octanol–water partition coefficient (Wildman–Crippen LogP) is 3.17. The van der Waals surface area contributed by atoms with Crippen molar-refractivity contribution in [1.29, 1.82) is 0 Å². The Morgan fingerprint density at radius 2 is 1.83 bits per heavy atom. The van der Waals surface area contributed by atoms with Crippen molar-refractivity contribution in [3.05, 3.63) is 28.3 Å². The second-order valence-electron chi connectivity index (χ2n) is 7.91. The molecule has 24 heavy (non-hydrogen) atoms. The molecule has 4 nitrogen and oxygen atoms in total. The quantitative estimate of drug-likeness (QED) is 0.687. The highest BCUT2D eigenvalue weighted by atomic mass is 16.6. The van der Waals surface area contributed by atoms with Crippen LogP contribution in [0.1, 0.15) is 49.4 Å². The summed E-state index contributed by atoms with van der Waals surface area (Å²) in [6.07, 6.45) is 3.73. The molecular weight excluding hydrogens is 299 g/mol. The van der Waals surface area contributed by atoms with Crippen LogP contribution in [0.3, 0.4) is 0 Å². The van der Waals surface area contributed by atoms with Crippen molar-refractivity contribution in [3.8, 4) is 0 Å². The summed E-state index contributed by atoms with van der Waals surface area (Å²) in [5.74, 6) is 0. The molecule has 2 heterocycles. The molecule has 128 valence electrons. The van der Waals surface area contributed by atoms with Gasteiger partial charge in [-0.15, -0.1) is 0 Å². The van der Waals surface area contributed by atoms with E-state index < -0.39 is 5.60 Å². The fourth-order valence-electron chi connectivity index (χ4n) is 3.83. The maximum atomic E-state index is 12.4. The second kappa shape index (κ2) is 6.34. The van der Waals surface area contributed by atoms with Crippen LogP contribution < -0.4 is 4.81 Å². The first-order valence-corrected chi connectivity index (χ1v) is 8.90. The lowest BCUT2D eigenvalue weighted by atomic mass is 9.88. The van der Waals surface area contributed by atoms with Gasteiger partial charge in [-0.05, 0) is 75.6 Å². The molecule has 0 aromatic heterocycles. The molecular formula is C19H27BN2O2. The van der Waals surface area contributed by atoms with Crippen LogP contribution >= 0.6 is 0 Å². The van der Waals surface area contributed by atoms with Gasteiger partial charge in [0, 0.05) is 25.3 Å². The SMILES string of the molecule is [B]N1CCCc2cc3c(c(C)c21)CCN(C(=O)OC(C)(C)C)CC3. The average molecular weight is 326 g/mol. The number of carbonyl (C=O) groups excluding carboxylic acids is 1. The minimum Gasteiger partial charge on any atom is -0.444 e. The van der Waals surface area contributed by atoms with Gasteiger partial charge >= 0.3 is 6.09 Å². The van der Waals surface area contributed by atoms with Crippen molar-refractivity contribution in [2.45, 2.75) is 59.0 Å². The molecule has 2 aliphatic heterocycles. The summed E-state index contributed by atoms with van der Waals surface area (Å²) in [4.78, 5) is 16.1. The summed E-state index contributed by atoms with van der Waals surface area (Å²) in [6.45, 7) is 10.2. The van der Waals surface area contributed by atoms with Crippen LogP contribution in [-0.2, 0) is 24.0 Å². The van der Waals surface area contributed by atoms with E-state index in [4.69, 9.17) is 12.7 Å². The normalized spacial score (nSPS) is 17.8. The highest BCUT2D eigenvalue weighted by Gasteiger charge is 2.27. The Balaban J connectivity index is 1.84. The summed E-state index contributed by atoms with van der Waals surface area (Å²) in [7, 11) is 6.21. The average Bonchev–Trinajstić information content (AvgIpc) is 2.68. The van der Waals surface area contributed by atoms with Gasteiger partial charge in [0.15, 0.2) is 0 Å². The summed E-state index contributed by atoms with van der Waals surface area (Å²) in [6, 6.07) is 2.31. The molecule has 0 unspecified atom stereocenters. The zero-order valence-corrected chi connectivity index (χ0v) is 15.3. The highest BCUT2D eigenvalue weighted by Crippen LogP contribution is 2.35. The lowest BCUT2D eigenvalue weighted by molar-refractivity contribution is 0.0258. The second-order valence-corrected chi connectivity index (χ2v) is 7.91. The standard InChI is InChI=1S/C19H27BN2O2/c1-13-16-8-11-21(18(23)24-19(2,3)4)10-7-14(16)12-15-6-5-9-22(20)17(13)15/h12H,5-11H2,1-4H3. The van der Waals surface area contributed by atoms with E-state index in [1.54, 1.807) is 0 Å². The summed E-state index contributed by atoms with van der Waals surface area (Å²) in [5.41, 5.74) is 6.11. The Morgan fingerprint density at radius 3 is 2.54 bits per heavy atom. The maximum absolute atomic E-state index is 12.4. The monoisotopic (exact) mass is 326 g/mol. The van der Waals surface area contributed by atoms with Crippen LogP contribution in [-0.4, -0.2) is 44.2 Å². The van der Waals surface area contributed by atoms with Crippen LogP contribution in [0.25, 0.3) is 0 Å². The first kappa shape index (κ1) is 17.2. The van der Waals surface area contributed by atoms with Gasteiger partial charge in [-0.1, -0.05) is 6.07 Å². The number of amides is 1. The van der Waals surface area contributed by atoms with Crippen molar-refractivity contribution in [2.24, 2.45) is 0 Å². The van der Waals surface area contributed by atoms with Crippen LogP contribution in [0.5, 0.6) is 0 Å². The summed E-state index contributed by atoms with van der Waals surface area (Å²) >= 11 is 0. The van der Waals surface area contributed by atoms with E-state index in [2.05, 4.69) is 13.0 Å². The van der Waals surface area contributed by atoms with Crippen LogP contribution in [0.15, 0.2) is 6.07 Å². The maximum Gasteiger partial charge on any atom is 0.410 e. The van der Waals surface area contributed by atoms with E-state index in [1.807, 2.05) is 30.5 Å². The number of aryl methyl sites for hydroxylation is 1. The Morgan fingerprint density at radius 1 is 1.12 bits per heavy atom. The third kappa shape index (κ3) is 3.40. The minimum absolute atomic E-state index is 0.210.